The Morgan fingerprint density at radius 3 is 2.55 bits per heavy atom. The maximum atomic E-state index is 14.0. The number of rotatable bonds is 5. The van der Waals surface area contributed by atoms with Crippen molar-refractivity contribution >= 4 is 18.1 Å². The van der Waals surface area contributed by atoms with Gasteiger partial charge in [0.1, 0.15) is 11.6 Å². The molecule has 1 aliphatic heterocycles. The highest BCUT2D eigenvalue weighted by atomic mass is 19.4. The lowest BCUT2D eigenvalue weighted by atomic mass is 9.94. The molecule has 1 saturated carbocycles. The monoisotopic (exact) mass is 565 g/mol. The summed E-state index contributed by atoms with van der Waals surface area (Å²) < 4.78 is 52.5. The molecule has 1 aromatic heterocycles. The molecule has 0 unspecified atom stereocenters. The minimum absolute atomic E-state index is 0.0217. The van der Waals surface area contributed by atoms with E-state index in [1.54, 1.807) is 26.8 Å². The Hall–Kier alpha value is -3.64. The van der Waals surface area contributed by atoms with Gasteiger partial charge in [-0.2, -0.15) is 18.2 Å². The van der Waals surface area contributed by atoms with Gasteiger partial charge in [0.25, 0.3) is 0 Å². The molecule has 0 spiro atoms. The molecule has 2 aromatic rings. The van der Waals surface area contributed by atoms with Crippen molar-refractivity contribution in [2.75, 3.05) is 6.54 Å². The number of nitrogens with zero attached hydrogens (tertiary/aromatic N) is 4. The SMILES string of the molecule is CC(C)(C)OC(=O)N/C(=N\C(=O)O)N1CCC[C@H]1c1nc(-c2ccc(CCC3CCCC3)c(C(F)(F)F)c2)no1. The van der Waals surface area contributed by atoms with Gasteiger partial charge in [-0.05, 0) is 64.0 Å². The van der Waals surface area contributed by atoms with Crippen LogP contribution in [0.2, 0.25) is 0 Å². The highest BCUT2D eigenvalue weighted by Gasteiger charge is 2.36. The highest BCUT2D eigenvalue weighted by Crippen LogP contribution is 2.38. The summed E-state index contributed by atoms with van der Waals surface area (Å²) in [5.74, 6) is 0.242. The lowest BCUT2D eigenvalue weighted by Gasteiger charge is -2.26. The van der Waals surface area contributed by atoms with Gasteiger partial charge in [0.05, 0.1) is 5.56 Å². The smallest absolute Gasteiger partial charge is 0.434 e. The number of hydrogen-bond acceptors (Lipinski definition) is 6. The number of carbonyl (C=O) groups excluding carboxylic acids is 1. The Bertz CT molecular complexity index is 1250. The second-order valence-electron chi connectivity index (χ2n) is 11.2. The number of alkyl halides is 3. The van der Waals surface area contributed by atoms with Crippen LogP contribution in [0.1, 0.15) is 88.8 Å². The summed E-state index contributed by atoms with van der Waals surface area (Å²) in [7, 11) is 0. The Morgan fingerprint density at radius 2 is 1.90 bits per heavy atom. The zero-order valence-corrected chi connectivity index (χ0v) is 22.8. The quantitative estimate of drug-likeness (QED) is 0.307. The van der Waals surface area contributed by atoms with Gasteiger partial charge in [0, 0.05) is 12.1 Å². The average Bonchev–Trinajstić information content (AvgIpc) is 3.62. The number of likely N-dealkylation sites (tertiary alicyclic amines) is 1. The molecular weight excluding hydrogens is 531 g/mol. The molecule has 13 heteroatoms. The number of nitrogens with one attached hydrogen (secondary N) is 1. The predicted molar refractivity (Wildman–Crippen MR) is 139 cm³/mol. The van der Waals surface area contributed by atoms with E-state index < -0.39 is 35.6 Å². The minimum atomic E-state index is -4.54. The van der Waals surface area contributed by atoms with Crippen molar-refractivity contribution in [1.29, 1.82) is 0 Å². The lowest BCUT2D eigenvalue weighted by molar-refractivity contribution is -0.138. The van der Waals surface area contributed by atoms with E-state index in [1.807, 2.05) is 0 Å². The lowest BCUT2D eigenvalue weighted by Crippen LogP contribution is -2.46. The fraction of sp³-hybridized carbons (Fsp3) is 0.593. The molecular formula is C27H34F3N5O5. The van der Waals surface area contributed by atoms with E-state index in [0.717, 1.165) is 38.2 Å². The number of hydrogen-bond donors (Lipinski definition) is 2. The molecule has 2 heterocycles. The summed E-state index contributed by atoms with van der Waals surface area (Å²) in [6.07, 6.45) is -0.433. The van der Waals surface area contributed by atoms with E-state index in [-0.39, 0.29) is 28.8 Å². The van der Waals surface area contributed by atoms with Crippen LogP contribution >= 0.6 is 0 Å². The molecule has 1 aromatic carbocycles. The van der Waals surface area contributed by atoms with E-state index in [9.17, 15) is 27.9 Å². The van der Waals surface area contributed by atoms with E-state index in [0.29, 0.717) is 31.7 Å². The number of guanidine groups is 1. The van der Waals surface area contributed by atoms with E-state index >= 15 is 0 Å². The van der Waals surface area contributed by atoms with Crippen LogP contribution in [0.5, 0.6) is 0 Å². The number of carbonyl (C=O) groups is 2. The van der Waals surface area contributed by atoms with Crippen molar-refractivity contribution in [1.82, 2.24) is 20.4 Å². The molecule has 1 atom stereocenters. The summed E-state index contributed by atoms with van der Waals surface area (Å²) in [6, 6.07) is 3.43. The van der Waals surface area contributed by atoms with Gasteiger partial charge in [-0.15, -0.1) is 4.99 Å². The van der Waals surface area contributed by atoms with Crippen LogP contribution in [0, 0.1) is 5.92 Å². The third-order valence-electron chi connectivity index (χ3n) is 7.04. The van der Waals surface area contributed by atoms with Gasteiger partial charge < -0.3 is 19.3 Å². The fourth-order valence-corrected chi connectivity index (χ4v) is 5.27. The van der Waals surface area contributed by atoms with Gasteiger partial charge in [0.2, 0.25) is 17.7 Å². The third kappa shape index (κ3) is 7.51. The van der Waals surface area contributed by atoms with Crippen molar-refractivity contribution in [3.63, 3.8) is 0 Å². The van der Waals surface area contributed by atoms with Crippen LogP contribution in [0.15, 0.2) is 27.7 Å². The Morgan fingerprint density at radius 1 is 1.18 bits per heavy atom. The van der Waals surface area contributed by atoms with Gasteiger partial charge >= 0.3 is 18.4 Å². The second-order valence-corrected chi connectivity index (χ2v) is 11.2. The molecule has 1 saturated heterocycles. The van der Waals surface area contributed by atoms with Crippen LogP contribution in [-0.4, -0.2) is 50.4 Å². The van der Waals surface area contributed by atoms with Crippen LogP contribution in [0.3, 0.4) is 0 Å². The second kappa shape index (κ2) is 11.8. The number of aromatic nitrogens is 2. The molecule has 0 radical (unpaired) electrons. The number of carboxylic acid groups (broad SMARTS) is 1. The highest BCUT2D eigenvalue weighted by molar-refractivity contribution is 5.98. The van der Waals surface area contributed by atoms with Crippen molar-refractivity contribution in [2.24, 2.45) is 10.9 Å². The molecule has 1 aliphatic carbocycles. The summed E-state index contributed by atoms with van der Waals surface area (Å²) in [4.78, 5) is 33.0. The van der Waals surface area contributed by atoms with Gasteiger partial charge in [0.15, 0.2) is 0 Å². The van der Waals surface area contributed by atoms with Gasteiger partial charge in [-0.3, -0.25) is 5.32 Å². The van der Waals surface area contributed by atoms with Crippen LogP contribution in [-0.2, 0) is 17.3 Å². The zero-order chi connectivity index (χ0) is 29.1. The number of halogens is 3. The predicted octanol–water partition coefficient (Wildman–Crippen LogP) is 6.57. The Balaban J connectivity index is 1.55. The largest absolute Gasteiger partial charge is 0.463 e. The van der Waals surface area contributed by atoms with Crippen LogP contribution in [0.4, 0.5) is 22.8 Å². The molecule has 10 nitrogen and oxygen atoms in total. The van der Waals surface area contributed by atoms with E-state index in [2.05, 4.69) is 20.4 Å². The molecule has 2 amide bonds. The van der Waals surface area contributed by atoms with Crippen LogP contribution < -0.4 is 5.32 Å². The first-order valence-corrected chi connectivity index (χ1v) is 13.4. The van der Waals surface area contributed by atoms with Gasteiger partial charge in [-0.1, -0.05) is 43.0 Å². The normalized spacial score (nSPS) is 18.8. The maximum absolute atomic E-state index is 14.0. The molecule has 2 N–H and O–H groups in total. The molecule has 0 bridgehead atoms. The zero-order valence-electron chi connectivity index (χ0n) is 22.8. The van der Waals surface area contributed by atoms with E-state index in [4.69, 9.17) is 9.26 Å². The maximum Gasteiger partial charge on any atom is 0.434 e. The van der Waals surface area contributed by atoms with Crippen LogP contribution in [0.25, 0.3) is 11.4 Å². The molecule has 2 aliphatic rings. The summed E-state index contributed by atoms with van der Waals surface area (Å²) >= 11 is 0. The van der Waals surface area contributed by atoms with Crippen molar-refractivity contribution in [3.05, 3.63) is 35.2 Å². The summed E-state index contributed by atoms with van der Waals surface area (Å²) in [5.41, 5.74) is -1.14. The van der Waals surface area contributed by atoms with Crippen molar-refractivity contribution < 1.29 is 37.1 Å². The third-order valence-corrected chi connectivity index (χ3v) is 7.04. The standard InChI is InChI=1S/C27H34F3N5O5/c1-26(2,3)39-25(38)33-23(32-24(36)37)35-14-6-9-20(35)22-31-21(34-40-22)18-13-12-17(19(15-18)27(28,29)30)11-10-16-7-4-5-8-16/h12-13,15-16,20H,4-11,14H2,1-3H3,(H,36,37)(H,32,33,38)/t20-/m0/s1. The molecule has 40 heavy (non-hydrogen) atoms. The molecule has 2 fully saturated rings. The number of aliphatic imine (C=N–C) groups is 1. The summed E-state index contributed by atoms with van der Waals surface area (Å²) in [6.45, 7) is 5.29. The number of aryl methyl sites for hydroxylation is 1. The average molecular weight is 566 g/mol. The Kier molecular flexibility index (Phi) is 8.69. The molecule has 4 rings (SSSR count). The minimum Gasteiger partial charge on any atom is -0.463 e. The number of alkyl carbamates (subject to hydrolysis) is 1. The van der Waals surface area contributed by atoms with Gasteiger partial charge in [-0.25, -0.2) is 9.59 Å². The first-order chi connectivity index (χ1) is 18.8. The van der Waals surface area contributed by atoms with E-state index in [1.165, 1.54) is 11.0 Å². The number of benzene rings is 1. The number of amides is 2. The van der Waals surface area contributed by atoms with Crippen molar-refractivity contribution in [3.8, 4) is 11.4 Å². The Labute approximate surface area is 230 Å². The summed E-state index contributed by atoms with van der Waals surface area (Å²) in [5, 5.41) is 15.5. The first-order valence-electron chi connectivity index (χ1n) is 13.4. The molecule has 218 valence electrons. The van der Waals surface area contributed by atoms with Crippen molar-refractivity contribution in [2.45, 2.75) is 90.0 Å². The first kappa shape index (κ1) is 29.3. The topological polar surface area (TPSA) is 130 Å². The number of ether oxygens (including phenoxy) is 1. The fourth-order valence-electron chi connectivity index (χ4n) is 5.27.